The lowest BCUT2D eigenvalue weighted by Gasteiger charge is -2.24. The Morgan fingerprint density at radius 1 is 1.03 bits per heavy atom. The molecular weight excluding hydrogens is 372 g/mol. The van der Waals surface area contributed by atoms with Gasteiger partial charge in [-0.3, -0.25) is 9.59 Å². The SMILES string of the molecule is COc1cccc(CCNC(=O)C(C)(C)C(=O)Nc2ccc3c(c2)OCCO3)c1. The third kappa shape index (κ3) is 4.99. The maximum atomic E-state index is 12.7. The number of rotatable bonds is 7. The van der Waals surface area contributed by atoms with Gasteiger partial charge in [0.1, 0.15) is 24.4 Å². The minimum absolute atomic E-state index is 0.338. The second kappa shape index (κ2) is 8.86. The van der Waals surface area contributed by atoms with Gasteiger partial charge in [0.05, 0.1) is 7.11 Å². The molecular formula is C22H26N2O5. The smallest absolute Gasteiger partial charge is 0.239 e. The molecule has 0 spiro atoms. The molecule has 1 aliphatic rings. The summed E-state index contributed by atoms with van der Waals surface area (Å²) in [5, 5.41) is 5.62. The van der Waals surface area contributed by atoms with Crippen molar-refractivity contribution in [3.8, 4) is 17.2 Å². The summed E-state index contributed by atoms with van der Waals surface area (Å²) in [4.78, 5) is 25.3. The summed E-state index contributed by atoms with van der Waals surface area (Å²) in [5.74, 6) is 1.26. The molecule has 2 N–H and O–H groups in total. The lowest BCUT2D eigenvalue weighted by Crippen LogP contribution is -2.45. The number of carbonyl (C=O) groups excluding carboxylic acids is 2. The minimum Gasteiger partial charge on any atom is -0.497 e. The predicted molar refractivity (Wildman–Crippen MR) is 110 cm³/mol. The third-order valence-electron chi connectivity index (χ3n) is 4.77. The number of benzene rings is 2. The molecule has 0 saturated carbocycles. The second-order valence-corrected chi connectivity index (χ2v) is 7.29. The van der Waals surface area contributed by atoms with E-state index in [0.29, 0.717) is 43.4 Å². The molecule has 0 bridgehead atoms. The van der Waals surface area contributed by atoms with Crippen LogP contribution in [0.15, 0.2) is 42.5 Å². The van der Waals surface area contributed by atoms with E-state index >= 15 is 0 Å². The van der Waals surface area contributed by atoms with Gasteiger partial charge in [0.25, 0.3) is 0 Å². The highest BCUT2D eigenvalue weighted by Gasteiger charge is 2.36. The van der Waals surface area contributed by atoms with Gasteiger partial charge in [-0.1, -0.05) is 12.1 Å². The van der Waals surface area contributed by atoms with E-state index in [4.69, 9.17) is 14.2 Å². The highest BCUT2D eigenvalue weighted by Crippen LogP contribution is 2.33. The molecule has 3 rings (SSSR count). The Morgan fingerprint density at radius 3 is 2.55 bits per heavy atom. The van der Waals surface area contributed by atoms with Gasteiger partial charge in [0, 0.05) is 18.3 Å². The Labute approximate surface area is 170 Å². The number of nitrogens with one attached hydrogen (secondary N) is 2. The molecule has 0 unspecified atom stereocenters. The van der Waals surface area contributed by atoms with Gasteiger partial charge < -0.3 is 24.8 Å². The van der Waals surface area contributed by atoms with Crippen LogP contribution in [0, 0.1) is 5.41 Å². The van der Waals surface area contributed by atoms with E-state index in [2.05, 4.69) is 10.6 Å². The molecule has 154 valence electrons. The summed E-state index contributed by atoms with van der Waals surface area (Å²) in [7, 11) is 1.61. The van der Waals surface area contributed by atoms with Crippen LogP contribution in [0.5, 0.6) is 17.2 Å². The van der Waals surface area contributed by atoms with E-state index in [9.17, 15) is 9.59 Å². The number of anilines is 1. The van der Waals surface area contributed by atoms with Gasteiger partial charge in [0.2, 0.25) is 11.8 Å². The Hall–Kier alpha value is -3.22. The molecule has 2 aromatic carbocycles. The topological polar surface area (TPSA) is 85.9 Å². The summed E-state index contributed by atoms with van der Waals surface area (Å²) in [6, 6.07) is 12.8. The van der Waals surface area contributed by atoms with Crippen LogP contribution in [0.25, 0.3) is 0 Å². The number of hydrogen-bond donors (Lipinski definition) is 2. The largest absolute Gasteiger partial charge is 0.497 e. The summed E-state index contributed by atoms with van der Waals surface area (Å²) in [6.45, 7) is 4.59. The van der Waals surface area contributed by atoms with E-state index < -0.39 is 11.3 Å². The van der Waals surface area contributed by atoms with Gasteiger partial charge in [-0.05, 0) is 50.1 Å². The van der Waals surface area contributed by atoms with Crippen LogP contribution >= 0.6 is 0 Å². The average Bonchev–Trinajstić information content (AvgIpc) is 2.73. The van der Waals surface area contributed by atoms with E-state index in [1.54, 1.807) is 39.2 Å². The first-order chi connectivity index (χ1) is 13.9. The molecule has 0 aromatic heterocycles. The van der Waals surface area contributed by atoms with Crippen LogP contribution < -0.4 is 24.8 Å². The summed E-state index contributed by atoms with van der Waals surface area (Å²) in [5.41, 5.74) is 0.362. The minimum atomic E-state index is -1.23. The van der Waals surface area contributed by atoms with Crippen molar-refractivity contribution in [1.29, 1.82) is 0 Å². The van der Waals surface area contributed by atoms with Crippen LogP contribution in [-0.4, -0.2) is 38.7 Å². The highest BCUT2D eigenvalue weighted by atomic mass is 16.6. The molecule has 7 nitrogen and oxygen atoms in total. The Bertz CT molecular complexity index is 895. The molecule has 29 heavy (non-hydrogen) atoms. The van der Waals surface area contributed by atoms with Crippen LogP contribution in [0.1, 0.15) is 19.4 Å². The van der Waals surface area contributed by atoms with Crippen LogP contribution in [0.3, 0.4) is 0 Å². The number of methoxy groups -OCH3 is 1. The zero-order valence-electron chi connectivity index (χ0n) is 16.9. The van der Waals surface area contributed by atoms with E-state index in [-0.39, 0.29) is 5.91 Å². The number of amides is 2. The fourth-order valence-electron chi connectivity index (χ4n) is 2.88. The van der Waals surface area contributed by atoms with Crippen molar-refractivity contribution >= 4 is 17.5 Å². The molecule has 0 aliphatic carbocycles. The molecule has 1 aliphatic heterocycles. The molecule has 0 radical (unpaired) electrons. The molecule has 1 heterocycles. The maximum absolute atomic E-state index is 12.7. The summed E-state index contributed by atoms with van der Waals surface area (Å²) >= 11 is 0. The average molecular weight is 398 g/mol. The maximum Gasteiger partial charge on any atom is 0.239 e. The molecule has 0 saturated heterocycles. The lowest BCUT2D eigenvalue weighted by molar-refractivity contribution is -0.138. The fraction of sp³-hybridized carbons (Fsp3) is 0.364. The van der Waals surface area contributed by atoms with Gasteiger partial charge in [-0.25, -0.2) is 0 Å². The van der Waals surface area contributed by atoms with Crippen LogP contribution in [0.2, 0.25) is 0 Å². The van der Waals surface area contributed by atoms with Gasteiger partial charge in [0.15, 0.2) is 11.5 Å². The Kier molecular flexibility index (Phi) is 6.26. The van der Waals surface area contributed by atoms with Gasteiger partial charge >= 0.3 is 0 Å². The molecule has 0 fully saturated rings. The zero-order chi connectivity index (χ0) is 20.9. The van der Waals surface area contributed by atoms with Gasteiger partial charge in [-0.2, -0.15) is 0 Å². The lowest BCUT2D eigenvalue weighted by atomic mass is 9.90. The Morgan fingerprint density at radius 2 is 1.79 bits per heavy atom. The highest BCUT2D eigenvalue weighted by molar-refractivity contribution is 6.09. The van der Waals surface area contributed by atoms with E-state index in [1.165, 1.54) is 0 Å². The van der Waals surface area contributed by atoms with E-state index in [0.717, 1.165) is 11.3 Å². The number of hydrogen-bond acceptors (Lipinski definition) is 5. The van der Waals surface area contributed by atoms with Crippen LogP contribution in [-0.2, 0) is 16.0 Å². The first-order valence-electron chi connectivity index (χ1n) is 9.52. The molecule has 2 amide bonds. The summed E-state index contributed by atoms with van der Waals surface area (Å²) in [6.07, 6.45) is 0.642. The van der Waals surface area contributed by atoms with Crippen molar-refractivity contribution in [1.82, 2.24) is 5.32 Å². The Balaban J connectivity index is 1.55. The number of fused-ring (bicyclic) bond motifs is 1. The normalized spacial score (nSPS) is 12.8. The second-order valence-electron chi connectivity index (χ2n) is 7.29. The zero-order valence-corrected chi connectivity index (χ0v) is 16.9. The monoisotopic (exact) mass is 398 g/mol. The molecule has 7 heteroatoms. The van der Waals surface area contributed by atoms with Crippen molar-refractivity contribution in [2.24, 2.45) is 5.41 Å². The van der Waals surface area contributed by atoms with E-state index in [1.807, 2.05) is 24.3 Å². The quantitative estimate of drug-likeness (QED) is 0.701. The number of carbonyl (C=O) groups is 2. The standard InChI is InChI=1S/C22H26N2O5/c1-22(2,20(25)23-10-9-15-5-4-6-17(13-15)27-3)21(26)24-16-7-8-18-19(14-16)29-12-11-28-18/h4-8,13-14H,9-12H2,1-3H3,(H,23,25)(H,24,26). The van der Waals surface area contributed by atoms with Gasteiger partial charge in [-0.15, -0.1) is 0 Å². The predicted octanol–water partition coefficient (Wildman–Crippen LogP) is 2.79. The van der Waals surface area contributed by atoms with Crippen molar-refractivity contribution in [2.45, 2.75) is 20.3 Å². The van der Waals surface area contributed by atoms with Crippen molar-refractivity contribution in [2.75, 3.05) is 32.2 Å². The molecule has 2 aromatic rings. The first-order valence-corrected chi connectivity index (χ1v) is 9.52. The fourth-order valence-corrected chi connectivity index (χ4v) is 2.88. The number of ether oxygens (including phenoxy) is 3. The van der Waals surface area contributed by atoms with Crippen LogP contribution in [0.4, 0.5) is 5.69 Å². The molecule has 0 atom stereocenters. The first kappa shape index (κ1) is 20.5. The van der Waals surface area contributed by atoms with Crippen molar-refractivity contribution in [3.05, 3.63) is 48.0 Å². The van der Waals surface area contributed by atoms with Crippen molar-refractivity contribution in [3.63, 3.8) is 0 Å². The summed E-state index contributed by atoms with van der Waals surface area (Å²) < 4.78 is 16.2. The third-order valence-corrected chi connectivity index (χ3v) is 4.77. The van der Waals surface area contributed by atoms with Crippen molar-refractivity contribution < 1.29 is 23.8 Å².